The Hall–Kier alpha value is -0.650. The smallest absolute Gasteiger partial charge is 0.236 e. The molecule has 0 heterocycles. The average molecular weight is 313 g/mol. The van der Waals surface area contributed by atoms with Gasteiger partial charge in [0, 0.05) is 21.8 Å². The third kappa shape index (κ3) is 4.55. The second kappa shape index (κ2) is 5.99. The minimum atomic E-state index is -3.67. The normalized spacial score (nSPS) is 11.7. The first-order valence-electron chi connectivity index (χ1n) is 5.18. The fourth-order valence-electron chi connectivity index (χ4n) is 1.38. The zero-order chi connectivity index (χ0) is 13.9. The number of hydrogen-bond donors (Lipinski definition) is 0. The molecular formula is C11H14Cl2O4S. The SMILES string of the molecule is COc1cc(Cl)c(CS(=O)(=O)Cl)cc1OC(C)C. The van der Waals surface area contributed by atoms with Crippen LogP contribution in [0.4, 0.5) is 0 Å². The van der Waals surface area contributed by atoms with Crippen LogP contribution in [0.15, 0.2) is 12.1 Å². The van der Waals surface area contributed by atoms with Crippen molar-refractivity contribution >= 4 is 31.3 Å². The standard InChI is InChI=1S/C11H14Cl2O4S/c1-7(2)17-11-4-8(6-18(13,14)15)9(12)5-10(11)16-3/h4-5,7H,6H2,1-3H3. The Bertz CT molecular complexity index is 526. The molecule has 18 heavy (non-hydrogen) atoms. The van der Waals surface area contributed by atoms with Gasteiger partial charge in [-0.15, -0.1) is 0 Å². The highest BCUT2D eigenvalue weighted by Crippen LogP contribution is 2.35. The number of methoxy groups -OCH3 is 1. The second-order valence-electron chi connectivity index (χ2n) is 3.94. The van der Waals surface area contributed by atoms with Crippen LogP contribution in [0.25, 0.3) is 0 Å². The Kier molecular flexibility index (Phi) is 5.13. The minimum Gasteiger partial charge on any atom is -0.493 e. The average Bonchev–Trinajstić information content (AvgIpc) is 2.19. The molecule has 7 heteroatoms. The first kappa shape index (κ1) is 15.4. The van der Waals surface area contributed by atoms with Crippen LogP contribution in [0.1, 0.15) is 19.4 Å². The van der Waals surface area contributed by atoms with Crippen molar-refractivity contribution < 1.29 is 17.9 Å². The molecule has 0 atom stereocenters. The van der Waals surface area contributed by atoms with Gasteiger partial charge in [-0.05, 0) is 25.5 Å². The first-order valence-corrected chi connectivity index (χ1v) is 8.04. The van der Waals surface area contributed by atoms with Crippen LogP contribution in [0, 0.1) is 0 Å². The minimum absolute atomic E-state index is 0.0689. The van der Waals surface area contributed by atoms with E-state index in [-0.39, 0.29) is 16.9 Å². The summed E-state index contributed by atoms with van der Waals surface area (Å²) >= 11 is 5.96. The van der Waals surface area contributed by atoms with E-state index in [2.05, 4.69) is 0 Å². The fourth-order valence-corrected chi connectivity index (χ4v) is 2.64. The van der Waals surface area contributed by atoms with Gasteiger partial charge in [0.1, 0.15) is 0 Å². The number of rotatable bonds is 5. The van der Waals surface area contributed by atoms with Crippen molar-refractivity contribution in [3.8, 4) is 11.5 Å². The lowest BCUT2D eigenvalue weighted by molar-refractivity contribution is 0.230. The molecule has 0 fully saturated rings. The van der Waals surface area contributed by atoms with Gasteiger partial charge in [-0.25, -0.2) is 8.42 Å². The topological polar surface area (TPSA) is 52.6 Å². The summed E-state index contributed by atoms with van der Waals surface area (Å²) in [6, 6.07) is 3.04. The Morgan fingerprint density at radius 3 is 2.33 bits per heavy atom. The summed E-state index contributed by atoms with van der Waals surface area (Å²) in [4.78, 5) is 0. The second-order valence-corrected chi connectivity index (χ2v) is 7.13. The maximum absolute atomic E-state index is 11.1. The summed E-state index contributed by atoms with van der Waals surface area (Å²) in [6.45, 7) is 3.71. The van der Waals surface area contributed by atoms with Crippen LogP contribution < -0.4 is 9.47 Å². The Balaban J connectivity index is 3.20. The van der Waals surface area contributed by atoms with Crippen LogP contribution >= 0.6 is 22.3 Å². The molecule has 1 rings (SSSR count). The highest BCUT2D eigenvalue weighted by Gasteiger charge is 2.16. The Labute approximate surface area is 116 Å². The van der Waals surface area contributed by atoms with Crippen LogP contribution in [0.5, 0.6) is 11.5 Å². The summed E-state index contributed by atoms with van der Waals surface area (Å²) in [6.07, 6.45) is -0.0689. The van der Waals surface area contributed by atoms with Crippen molar-refractivity contribution in [2.45, 2.75) is 25.7 Å². The molecule has 4 nitrogen and oxygen atoms in total. The molecular weight excluding hydrogens is 299 g/mol. The number of hydrogen-bond acceptors (Lipinski definition) is 4. The van der Waals surface area contributed by atoms with Crippen molar-refractivity contribution in [1.82, 2.24) is 0 Å². The third-order valence-corrected chi connectivity index (χ3v) is 3.36. The molecule has 102 valence electrons. The molecule has 0 amide bonds. The first-order chi connectivity index (χ1) is 8.23. The molecule has 0 bridgehead atoms. The molecule has 0 N–H and O–H groups in total. The summed E-state index contributed by atoms with van der Waals surface area (Å²) < 4.78 is 32.8. The lowest BCUT2D eigenvalue weighted by Gasteiger charge is -2.15. The van der Waals surface area contributed by atoms with Crippen molar-refractivity contribution in [1.29, 1.82) is 0 Å². The lowest BCUT2D eigenvalue weighted by atomic mass is 10.2. The molecule has 0 saturated heterocycles. The van der Waals surface area contributed by atoms with Gasteiger partial charge in [-0.3, -0.25) is 0 Å². The van der Waals surface area contributed by atoms with E-state index >= 15 is 0 Å². The number of halogens is 2. The Morgan fingerprint density at radius 1 is 1.28 bits per heavy atom. The van der Waals surface area contributed by atoms with Gasteiger partial charge in [0.05, 0.1) is 19.0 Å². The number of benzene rings is 1. The predicted molar refractivity (Wildman–Crippen MR) is 72.2 cm³/mol. The van der Waals surface area contributed by atoms with Gasteiger partial charge in [-0.2, -0.15) is 0 Å². The predicted octanol–water partition coefficient (Wildman–Crippen LogP) is 3.20. The van der Waals surface area contributed by atoms with Gasteiger partial charge in [0.25, 0.3) is 0 Å². The van der Waals surface area contributed by atoms with Crippen molar-refractivity contribution in [3.63, 3.8) is 0 Å². The molecule has 1 aromatic rings. The van der Waals surface area contributed by atoms with E-state index in [0.29, 0.717) is 17.1 Å². The highest BCUT2D eigenvalue weighted by atomic mass is 35.7. The maximum Gasteiger partial charge on any atom is 0.236 e. The summed E-state index contributed by atoms with van der Waals surface area (Å²) in [5, 5.41) is 0.271. The number of ether oxygens (including phenoxy) is 2. The molecule has 0 unspecified atom stereocenters. The van der Waals surface area contributed by atoms with E-state index in [9.17, 15) is 8.42 Å². The molecule has 0 aromatic heterocycles. The van der Waals surface area contributed by atoms with E-state index in [1.165, 1.54) is 19.2 Å². The van der Waals surface area contributed by atoms with Crippen molar-refractivity contribution in [2.24, 2.45) is 0 Å². The summed E-state index contributed by atoms with van der Waals surface area (Å²) in [5.41, 5.74) is 0.378. The zero-order valence-electron chi connectivity index (χ0n) is 10.2. The van der Waals surface area contributed by atoms with Gasteiger partial charge >= 0.3 is 0 Å². The largest absolute Gasteiger partial charge is 0.493 e. The van der Waals surface area contributed by atoms with Crippen molar-refractivity contribution in [3.05, 3.63) is 22.7 Å². The van der Waals surface area contributed by atoms with Crippen LogP contribution in [-0.4, -0.2) is 21.6 Å². The van der Waals surface area contributed by atoms with Gasteiger partial charge in [0.15, 0.2) is 11.5 Å². The molecule has 0 aliphatic carbocycles. The highest BCUT2D eigenvalue weighted by molar-refractivity contribution is 8.13. The van der Waals surface area contributed by atoms with Crippen LogP contribution in [0.2, 0.25) is 5.02 Å². The summed E-state index contributed by atoms with van der Waals surface area (Å²) in [5.74, 6) is 0.530. The molecule has 0 spiro atoms. The molecule has 0 aliphatic heterocycles. The van der Waals surface area contributed by atoms with E-state index in [1.807, 2.05) is 13.8 Å². The van der Waals surface area contributed by atoms with Crippen molar-refractivity contribution in [2.75, 3.05) is 7.11 Å². The lowest BCUT2D eigenvalue weighted by Crippen LogP contribution is -2.07. The van der Waals surface area contributed by atoms with Crippen LogP contribution in [0.3, 0.4) is 0 Å². The van der Waals surface area contributed by atoms with Gasteiger partial charge in [0.2, 0.25) is 9.05 Å². The monoisotopic (exact) mass is 312 g/mol. The van der Waals surface area contributed by atoms with Gasteiger partial charge in [-0.1, -0.05) is 11.6 Å². The van der Waals surface area contributed by atoms with Crippen LogP contribution in [-0.2, 0) is 14.8 Å². The maximum atomic E-state index is 11.1. The van der Waals surface area contributed by atoms with Gasteiger partial charge < -0.3 is 9.47 Å². The molecule has 1 aromatic carbocycles. The third-order valence-electron chi connectivity index (χ3n) is 2.02. The quantitative estimate of drug-likeness (QED) is 0.783. The van der Waals surface area contributed by atoms with E-state index in [4.69, 9.17) is 31.8 Å². The zero-order valence-corrected chi connectivity index (χ0v) is 12.6. The molecule has 0 radical (unpaired) electrons. The summed E-state index contributed by atoms with van der Waals surface area (Å²) in [7, 11) is 3.02. The van der Waals surface area contributed by atoms with E-state index in [1.54, 1.807) is 0 Å². The van der Waals surface area contributed by atoms with E-state index < -0.39 is 9.05 Å². The van der Waals surface area contributed by atoms with E-state index in [0.717, 1.165) is 0 Å². The molecule has 0 aliphatic rings. The molecule has 0 saturated carbocycles. The fraction of sp³-hybridized carbons (Fsp3) is 0.455. The Morgan fingerprint density at radius 2 is 1.89 bits per heavy atom.